The number of hydrogen-bond donors (Lipinski definition) is 1. The molecule has 1 aromatic rings. The topological polar surface area (TPSA) is 90.0 Å². The van der Waals surface area contributed by atoms with Crippen LogP contribution in [0.25, 0.3) is 0 Å². The van der Waals surface area contributed by atoms with E-state index in [1.165, 1.54) is 6.42 Å². The molecule has 8 nitrogen and oxygen atoms in total. The van der Waals surface area contributed by atoms with E-state index in [0.717, 1.165) is 53.7 Å². The highest BCUT2D eigenvalue weighted by atomic mass is 32.2. The third kappa shape index (κ3) is 5.98. The summed E-state index contributed by atoms with van der Waals surface area (Å²) in [5.41, 5.74) is 4.59. The molecular formula is C25H40N4O4S. The van der Waals surface area contributed by atoms with Gasteiger partial charge in [-0.25, -0.2) is 13.1 Å². The first-order valence-electron chi connectivity index (χ1n) is 12.4. The van der Waals surface area contributed by atoms with Gasteiger partial charge in [0.1, 0.15) is 0 Å². The molecule has 2 aliphatic heterocycles. The highest BCUT2D eigenvalue weighted by Crippen LogP contribution is 2.29. The van der Waals surface area contributed by atoms with Crippen molar-refractivity contribution in [3.63, 3.8) is 0 Å². The maximum absolute atomic E-state index is 13.0. The summed E-state index contributed by atoms with van der Waals surface area (Å²) in [6.07, 6.45) is 3.48. The molecule has 9 heteroatoms. The van der Waals surface area contributed by atoms with E-state index >= 15 is 0 Å². The lowest BCUT2D eigenvalue weighted by Crippen LogP contribution is -2.52. The Balaban J connectivity index is 1.48. The Bertz CT molecular complexity index is 995. The summed E-state index contributed by atoms with van der Waals surface area (Å²) >= 11 is 0. The predicted octanol–water partition coefficient (Wildman–Crippen LogP) is 2.05. The van der Waals surface area contributed by atoms with Crippen molar-refractivity contribution in [3.05, 3.63) is 27.8 Å². The monoisotopic (exact) mass is 492 g/mol. The molecule has 2 fully saturated rings. The van der Waals surface area contributed by atoms with Crippen molar-refractivity contribution in [2.75, 3.05) is 52.4 Å². The molecule has 0 unspecified atom stereocenters. The van der Waals surface area contributed by atoms with Crippen molar-refractivity contribution >= 4 is 21.8 Å². The molecule has 2 amide bonds. The van der Waals surface area contributed by atoms with Gasteiger partial charge in [-0.3, -0.25) is 14.5 Å². The van der Waals surface area contributed by atoms with Crippen molar-refractivity contribution in [2.45, 2.75) is 65.2 Å². The number of likely N-dealkylation sites (tertiary alicyclic amines) is 1. The van der Waals surface area contributed by atoms with Crippen molar-refractivity contribution in [1.29, 1.82) is 0 Å². The fourth-order valence-corrected chi connectivity index (χ4v) is 6.61. The van der Waals surface area contributed by atoms with E-state index in [1.54, 1.807) is 4.90 Å². The van der Waals surface area contributed by atoms with Crippen LogP contribution < -0.4 is 4.72 Å². The summed E-state index contributed by atoms with van der Waals surface area (Å²) in [5, 5.41) is 0. The molecule has 2 aliphatic rings. The van der Waals surface area contributed by atoms with Gasteiger partial charge >= 0.3 is 0 Å². The summed E-state index contributed by atoms with van der Waals surface area (Å²) in [7, 11) is -3.71. The summed E-state index contributed by atoms with van der Waals surface area (Å²) in [6.45, 7) is 14.2. The van der Waals surface area contributed by atoms with Gasteiger partial charge in [-0.1, -0.05) is 0 Å². The molecule has 1 aromatic carbocycles. The first-order valence-corrected chi connectivity index (χ1v) is 13.9. The maximum Gasteiger partial charge on any atom is 0.241 e. The van der Waals surface area contributed by atoms with Gasteiger partial charge in [-0.2, -0.15) is 0 Å². The number of piperidine rings is 1. The molecule has 0 aromatic heterocycles. The molecule has 0 radical (unpaired) electrons. The molecule has 0 aliphatic carbocycles. The number of amides is 2. The van der Waals surface area contributed by atoms with Crippen LogP contribution in [0.5, 0.6) is 0 Å². The van der Waals surface area contributed by atoms with E-state index in [4.69, 9.17) is 0 Å². The van der Waals surface area contributed by atoms with Crippen LogP contribution in [-0.4, -0.2) is 87.3 Å². The van der Waals surface area contributed by atoms with Crippen LogP contribution >= 0.6 is 0 Å². The third-order valence-corrected chi connectivity index (χ3v) is 9.36. The van der Waals surface area contributed by atoms with Gasteiger partial charge in [0, 0.05) is 52.2 Å². The first kappa shape index (κ1) is 26.6. The van der Waals surface area contributed by atoms with E-state index < -0.39 is 10.0 Å². The highest BCUT2D eigenvalue weighted by molar-refractivity contribution is 7.89. The Labute approximate surface area is 204 Å². The fourth-order valence-electron chi connectivity index (χ4n) is 4.98. The number of benzene rings is 1. The molecule has 3 rings (SSSR count). The quantitative estimate of drug-likeness (QED) is 0.629. The average molecular weight is 493 g/mol. The number of piperazine rings is 1. The standard InChI is InChI=1S/C25H40N4O4S/c1-18-19(2)21(4)25(22(5)20(18)3)34(32,33)26-10-9-23(30)29-15-13-27(14-16-29)17-24(31)28-11-7-6-8-12-28/h26H,6-17H2,1-5H3. The largest absolute Gasteiger partial charge is 0.342 e. The van der Waals surface area contributed by atoms with Crippen molar-refractivity contribution in [3.8, 4) is 0 Å². The first-order chi connectivity index (χ1) is 16.0. The maximum atomic E-state index is 13.0. The molecule has 0 bridgehead atoms. The smallest absolute Gasteiger partial charge is 0.241 e. The fraction of sp³-hybridized carbons (Fsp3) is 0.680. The van der Waals surface area contributed by atoms with Crippen molar-refractivity contribution in [2.24, 2.45) is 0 Å². The SMILES string of the molecule is Cc1c(C)c(C)c(S(=O)(=O)NCCC(=O)N2CCN(CC(=O)N3CCCCC3)CC2)c(C)c1C. The van der Waals surface area contributed by atoms with Crippen LogP contribution in [0.3, 0.4) is 0 Å². The molecule has 34 heavy (non-hydrogen) atoms. The van der Waals surface area contributed by atoms with Gasteiger partial charge in [0.05, 0.1) is 11.4 Å². The predicted molar refractivity (Wildman–Crippen MR) is 133 cm³/mol. The van der Waals surface area contributed by atoms with E-state index in [2.05, 4.69) is 9.62 Å². The summed E-state index contributed by atoms with van der Waals surface area (Å²) in [6, 6.07) is 0. The Hall–Kier alpha value is -1.97. The van der Waals surface area contributed by atoms with E-state index in [1.807, 2.05) is 39.5 Å². The summed E-state index contributed by atoms with van der Waals surface area (Å²) < 4.78 is 28.7. The molecule has 190 valence electrons. The number of rotatable bonds is 7. The normalized spacial score (nSPS) is 17.8. The third-order valence-electron chi connectivity index (χ3n) is 7.62. The molecule has 0 atom stereocenters. The minimum atomic E-state index is -3.71. The zero-order chi connectivity index (χ0) is 25.0. The summed E-state index contributed by atoms with van der Waals surface area (Å²) in [4.78, 5) is 31.3. The lowest BCUT2D eigenvalue weighted by Gasteiger charge is -2.36. The lowest BCUT2D eigenvalue weighted by atomic mass is 9.95. The van der Waals surface area contributed by atoms with Gasteiger partial charge in [0.2, 0.25) is 21.8 Å². The van der Waals surface area contributed by atoms with E-state index in [9.17, 15) is 18.0 Å². The molecule has 2 saturated heterocycles. The summed E-state index contributed by atoms with van der Waals surface area (Å²) in [5.74, 6) is 0.121. The zero-order valence-electron chi connectivity index (χ0n) is 21.4. The lowest BCUT2D eigenvalue weighted by molar-refractivity contribution is -0.135. The number of carbonyl (C=O) groups is 2. The number of nitrogens with zero attached hydrogens (tertiary/aromatic N) is 3. The Morgan fingerprint density at radius 2 is 1.21 bits per heavy atom. The van der Waals surface area contributed by atoms with Crippen LogP contribution in [0.4, 0.5) is 0 Å². The number of sulfonamides is 1. The minimum absolute atomic E-state index is 0.0607. The van der Waals surface area contributed by atoms with E-state index in [0.29, 0.717) is 37.6 Å². The second-order valence-electron chi connectivity index (χ2n) is 9.70. The number of nitrogens with one attached hydrogen (secondary N) is 1. The second-order valence-corrected chi connectivity index (χ2v) is 11.4. The Morgan fingerprint density at radius 3 is 1.76 bits per heavy atom. The van der Waals surface area contributed by atoms with Gasteiger partial charge in [0.15, 0.2) is 0 Å². The van der Waals surface area contributed by atoms with Crippen LogP contribution in [0.1, 0.15) is 53.5 Å². The number of hydrogen-bond acceptors (Lipinski definition) is 5. The molecule has 0 spiro atoms. The van der Waals surface area contributed by atoms with Crippen LogP contribution in [0, 0.1) is 34.6 Å². The van der Waals surface area contributed by atoms with E-state index in [-0.39, 0.29) is 24.8 Å². The van der Waals surface area contributed by atoms with Crippen LogP contribution in [0.15, 0.2) is 4.90 Å². The Morgan fingerprint density at radius 1 is 0.706 bits per heavy atom. The van der Waals surface area contributed by atoms with Crippen molar-refractivity contribution < 1.29 is 18.0 Å². The van der Waals surface area contributed by atoms with Gasteiger partial charge < -0.3 is 9.80 Å². The van der Waals surface area contributed by atoms with Crippen LogP contribution in [-0.2, 0) is 19.6 Å². The average Bonchev–Trinajstić information content (AvgIpc) is 2.82. The van der Waals surface area contributed by atoms with Crippen molar-refractivity contribution in [1.82, 2.24) is 19.4 Å². The Kier molecular flexibility index (Phi) is 8.76. The molecule has 0 saturated carbocycles. The van der Waals surface area contributed by atoms with Gasteiger partial charge in [-0.05, 0) is 81.7 Å². The highest BCUT2D eigenvalue weighted by Gasteiger charge is 2.26. The van der Waals surface area contributed by atoms with Crippen LogP contribution in [0.2, 0.25) is 0 Å². The molecule has 2 heterocycles. The van der Waals surface area contributed by atoms with Gasteiger partial charge in [0.25, 0.3) is 0 Å². The zero-order valence-corrected chi connectivity index (χ0v) is 22.2. The number of carbonyl (C=O) groups excluding carboxylic acids is 2. The van der Waals surface area contributed by atoms with Gasteiger partial charge in [-0.15, -0.1) is 0 Å². The second kappa shape index (κ2) is 11.2. The molecular weight excluding hydrogens is 452 g/mol. The minimum Gasteiger partial charge on any atom is -0.342 e. The molecule has 1 N–H and O–H groups in total.